The summed E-state index contributed by atoms with van der Waals surface area (Å²) in [5.74, 6) is 10.5. The Hall–Kier alpha value is -1.10. The van der Waals surface area contributed by atoms with Gasteiger partial charge in [-0.25, -0.2) is 0 Å². The van der Waals surface area contributed by atoms with Crippen molar-refractivity contribution in [3.63, 3.8) is 0 Å². The average molecular weight is 355 g/mol. The molecule has 0 bridgehead atoms. The summed E-state index contributed by atoms with van der Waals surface area (Å²) in [4.78, 5) is 0. The predicted octanol–water partition coefficient (Wildman–Crippen LogP) is 6.97. The molecule has 1 rings (SSSR count). The Morgan fingerprint density at radius 2 is 1.04 bits per heavy atom. The van der Waals surface area contributed by atoms with Crippen molar-refractivity contribution in [2.45, 2.75) is 116 Å². The standard InChI is InChI=1S/C24H38Si/c1-4-7-10-16-21-25(22-17-11-8-5-2,23-18-12-9-6-3)24-19-14-13-15-20-24/h24H,4-15,19-20H2,1-3H3. The van der Waals surface area contributed by atoms with Gasteiger partial charge in [0.15, 0.2) is 0 Å². The number of hydrogen-bond acceptors (Lipinski definition) is 0. The molecule has 0 N–H and O–H groups in total. The van der Waals surface area contributed by atoms with Crippen LogP contribution < -0.4 is 0 Å². The van der Waals surface area contributed by atoms with Gasteiger partial charge < -0.3 is 0 Å². The average Bonchev–Trinajstić information content (AvgIpc) is 2.66. The van der Waals surface area contributed by atoms with Gasteiger partial charge >= 0.3 is 0 Å². The summed E-state index contributed by atoms with van der Waals surface area (Å²) in [6.07, 6.45) is 17.0. The minimum absolute atomic E-state index is 0.679. The second-order valence-electron chi connectivity index (χ2n) is 7.36. The van der Waals surface area contributed by atoms with Crippen LogP contribution in [-0.4, -0.2) is 8.07 Å². The number of rotatable bonds is 7. The van der Waals surface area contributed by atoms with E-state index in [1.807, 2.05) is 0 Å². The third-order valence-electron chi connectivity index (χ3n) is 5.04. The van der Waals surface area contributed by atoms with Crippen molar-refractivity contribution in [2.24, 2.45) is 0 Å². The fraction of sp³-hybridized carbons (Fsp3) is 0.750. The van der Waals surface area contributed by atoms with Gasteiger partial charge in [-0.1, -0.05) is 72.1 Å². The van der Waals surface area contributed by atoms with Gasteiger partial charge in [-0.15, -0.1) is 34.4 Å². The number of unbranched alkanes of at least 4 members (excludes halogenated alkanes) is 6. The van der Waals surface area contributed by atoms with Crippen molar-refractivity contribution in [1.82, 2.24) is 0 Å². The van der Waals surface area contributed by atoms with Crippen LogP contribution in [0.25, 0.3) is 0 Å². The summed E-state index contributed by atoms with van der Waals surface area (Å²) < 4.78 is 0. The fourth-order valence-corrected chi connectivity index (χ4v) is 6.62. The van der Waals surface area contributed by atoms with Crippen LogP contribution in [0, 0.1) is 34.4 Å². The summed E-state index contributed by atoms with van der Waals surface area (Å²) >= 11 is 0. The molecule has 0 nitrogen and oxygen atoms in total. The molecule has 0 atom stereocenters. The quantitative estimate of drug-likeness (QED) is 0.263. The van der Waals surface area contributed by atoms with Crippen molar-refractivity contribution >= 4 is 8.07 Å². The Bertz CT molecular complexity index is 455. The van der Waals surface area contributed by atoms with E-state index in [0.717, 1.165) is 19.3 Å². The molecule has 0 aliphatic heterocycles. The zero-order valence-electron chi connectivity index (χ0n) is 17.0. The first kappa shape index (κ1) is 21.9. The summed E-state index contributed by atoms with van der Waals surface area (Å²) in [6.45, 7) is 6.72. The largest absolute Gasteiger partial charge is 0.293 e. The molecule has 1 fully saturated rings. The topological polar surface area (TPSA) is 0 Å². The maximum Gasteiger partial charge on any atom is 0.293 e. The van der Waals surface area contributed by atoms with Crippen LogP contribution in [-0.2, 0) is 0 Å². The van der Waals surface area contributed by atoms with E-state index in [1.54, 1.807) is 0 Å². The monoisotopic (exact) mass is 354 g/mol. The maximum atomic E-state index is 3.73. The molecular weight excluding hydrogens is 316 g/mol. The number of hydrogen-bond donors (Lipinski definition) is 0. The SMILES string of the molecule is CCCCC#C[Si](C#CCCCC)(C#CCCCC)C1CCCCC1. The second-order valence-corrected chi connectivity index (χ2v) is 10.5. The maximum absolute atomic E-state index is 3.73. The van der Waals surface area contributed by atoms with Crippen LogP contribution in [0.15, 0.2) is 0 Å². The van der Waals surface area contributed by atoms with Gasteiger partial charge in [-0.2, -0.15) is 0 Å². The highest BCUT2D eigenvalue weighted by atomic mass is 28.3. The lowest BCUT2D eigenvalue weighted by atomic mass is 10.0. The third-order valence-corrected chi connectivity index (χ3v) is 8.56. The van der Waals surface area contributed by atoms with Crippen molar-refractivity contribution < 1.29 is 0 Å². The molecule has 0 aromatic rings. The minimum atomic E-state index is -2.13. The van der Waals surface area contributed by atoms with Crippen LogP contribution in [0.1, 0.15) is 111 Å². The first-order valence-electron chi connectivity index (χ1n) is 10.8. The molecule has 138 valence electrons. The van der Waals surface area contributed by atoms with Crippen LogP contribution in [0.5, 0.6) is 0 Å². The van der Waals surface area contributed by atoms with E-state index in [9.17, 15) is 0 Å². The van der Waals surface area contributed by atoms with E-state index in [4.69, 9.17) is 0 Å². The molecule has 0 unspecified atom stereocenters. The Balaban J connectivity index is 3.09. The Morgan fingerprint density at radius 3 is 1.40 bits per heavy atom. The third kappa shape index (κ3) is 8.70. The summed E-state index contributed by atoms with van der Waals surface area (Å²) in [5, 5.41) is 0. The molecule has 25 heavy (non-hydrogen) atoms. The van der Waals surface area contributed by atoms with Crippen LogP contribution in [0.2, 0.25) is 5.54 Å². The van der Waals surface area contributed by atoms with Gasteiger partial charge in [0.1, 0.15) is 0 Å². The molecule has 1 aliphatic carbocycles. The Morgan fingerprint density at radius 1 is 0.640 bits per heavy atom. The molecular formula is C24H38Si. The lowest BCUT2D eigenvalue weighted by Crippen LogP contribution is -2.38. The zero-order valence-corrected chi connectivity index (χ0v) is 18.0. The molecule has 0 heterocycles. The van der Waals surface area contributed by atoms with Crippen molar-refractivity contribution in [3.05, 3.63) is 0 Å². The second kappa shape index (κ2) is 14.1. The highest BCUT2D eigenvalue weighted by Gasteiger charge is 2.38. The molecule has 1 saturated carbocycles. The molecule has 1 aliphatic rings. The Kier molecular flexibility index (Phi) is 12.4. The van der Waals surface area contributed by atoms with Crippen LogP contribution in [0.4, 0.5) is 0 Å². The first-order chi connectivity index (χ1) is 12.3. The van der Waals surface area contributed by atoms with Crippen LogP contribution >= 0.6 is 0 Å². The molecule has 0 aromatic carbocycles. The van der Waals surface area contributed by atoms with Gasteiger partial charge in [0.25, 0.3) is 8.07 Å². The van der Waals surface area contributed by atoms with E-state index in [1.165, 1.54) is 70.6 Å². The van der Waals surface area contributed by atoms with Crippen molar-refractivity contribution in [1.29, 1.82) is 0 Å². The van der Waals surface area contributed by atoms with E-state index in [-0.39, 0.29) is 0 Å². The molecule has 0 amide bonds. The molecule has 0 radical (unpaired) electrons. The fourth-order valence-electron chi connectivity index (χ4n) is 3.34. The van der Waals surface area contributed by atoms with E-state index in [2.05, 4.69) is 55.2 Å². The summed E-state index contributed by atoms with van der Waals surface area (Å²) in [6, 6.07) is 0. The van der Waals surface area contributed by atoms with E-state index in [0.29, 0.717) is 5.54 Å². The zero-order chi connectivity index (χ0) is 18.2. The molecule has 0 aromatic heterocycles. The van der Waals surface area contributed by atoms with Gasteiger partial charge in [0, 0.05) is 19.3 Å². The lowest BCUT2D eigenvalue weighted by Gasteiger charge is -2.29. The van der Waals surface area contributed by atoms with Gasteiger partial charge in [0.05, 0.1) is 0 Å². The van der Waals surface area contributed by atoms with Gasteiger partial charge in [-0.3, -0.25) is 0 Å². The summed E-state index contributed by atoms with van der Waals surface area (Å²) in [7, 11) is -2.13. The summed E-state index contributed by atoms with van der Waals surface area (Å²) in [5.41, 5.74) is 11.9. The van der Waals surface area contributed by atoms with E-state index < -0.39 is 8.07 Å². The van der Waals surface area contributed by atoms with Crippen molar-refractivity contribution in [2.75, 3.05) is 0 Å². The molecule has 0 saturated heterocycles. The van der Waals surface area contributed by atoms with Crippen molar-refractivity contribution in [3.8, 4) is 34.4 Å². The van der Waals surface area contributed by atoms with E-state index >= 15 is 0 Å². The minimum Gasteiger partial charge on any atom is -0.108 e. The lowest BCUT2D eigenvalue weighted by molar-refractivity contribution is 0.497. The van der Waals surface area contributed by atoms with Crippen LogP contribution in [0.3, 0.4) is 0 Å². The predicted molar refractivity (Wildman–Crippen MR) is 114 cm³/mol. The normalized spacial score (nSPS) is 14.5. The Labute approximate surface area is 159 Å². The van der Waals surface area contributed by atoms with Gasteiger partial charge in [0.2, 0.25) is 0 Å². The smallest absolute Gasteiger partial charge is 0.108 e. The first-order valence-corrected chi connectivity index (χ1v) is 12.9. The highest BCUT2D eigenvalue weighted by Crippen LogP contribution is 2.36. The molecule has 0 spiro atoms. The molecule has 1 heteroatoms. The van der Waals surface area contributed by atoms with Gasteiger partial charge in [-0.05, 0) is 24.8 Å². The highest BCUT2D eigenvalue weighted by molar-refractivity contribution is 7.01.